The summed E-state index contributed by atoms with van der Waals surface area (Å²) in [6.07, 6.45) is 1.41. The summed E-state index contributed by atoms with van der Waals surface area (Å²) in [7, 11) is 0. The number of amides is 1. The second kappa shape index (κ2) is 13.6. The van der Waals surface area contributed by atoms with Gasteiger partial charge in [-0.2, -0.15) is 5.10 Å². The Morgan fingerprint density at radius 1 is 0.837 bits per heavy atom. The molecule has 0 saturated heterocycles. The maximum atomic E-state index is 12.5. The maximum Gasteiger partial charge on any atom is 0.307 e. The van der Waals surface area contributed by atoms with Gasteiger partial charge in [-0.15, -0.1) is 0 Å². The van der Waals surface area contributed by atoms with Crippen molar-refractivity contribution < 1.29 is 18.7 Å². The Labute approximate surface area is 268 Å². The topological polar surface area (TPSA) is 78.0 Å². The van der Waals surface area contributed by atoms with Gasteiger partial charge in [-0.3, -0.25) is 4.79 Å². The number of nitrogens with zero attached hydrogens (tertiary/aromatic N) is 2. The number of hydrogen-bond acceptors (Lipinski definition) is 5. The van der Waals surface area contributed by atoms with E-state index in [4.69, 9.17) is 60.3 Å². The molecule has 2 aromatic heterocycles. The summed E-state index contributed by atoms with van der Waals surface area (Å²) in [4.78, 5) is 12.5. The first-order valence-electron chi connectivity index (χ1n) is 13.0. The summed E-state index contributed by atoms with van der Waals surface area (Å²) in [5.74, 6) is 1.03. The van der Waals surface area contributed by atoms with Crippen LogP contribution in [0.15, 0.2) is 88.4 Å². The van der Waals surface area contributed by atoms with Gasteiger partial charge in [-0.05, 0) is 92.2 Å². The van der Waals surface area contributed by atoms with Gasteiger partial charge in [0, 0.05) is 32.7 Å². The minimum Gasteiger partial charge on any atom is -0.486 e. The Balaban J connectivity index is 1.13. The van der Waals surface area contributed by atoms with Gasteiger partial charge in [0.1, 0.15) is 24.7 Å². The van der Waals surface area contributed by atoms with Crippen LogP contribution in [0.4, 0.5) is 0 Å². The predicted octanol–water partition coefficient (Wildman–Crippen LogP) is 9.22. The maximum absolute atomic E-state index is 12.5. The first-order chi connectivity index (χ1) is 20.7. The molecular formula is C32H25Cl4N3O4. The van der Waals surface area contributed by atoms with Gasteiger partial charge in [0.2, 0.25) is 0 Å². The van der Waals surface area contributed by atoms with Crippen LogP contribution in [0.1, 0.15) is 38.8 Å². The Kier molecular flexibility index (Phi) is 9.68. The lowest BCUT2D eigenvalue weighted by molar-refractivity contribution is 0.0923. The monoisotopic (exact) mass is 655 g/mol. The average molecular weight is 657 g/mol. The number of furan rings is 1. The highest BCUT2D eigenvalue weighted by atomic mass is 35.5. The van der Waals surface area contributed by atoms with Crippen LogP contribution in [0.2, 0.25) is 20.1 Å². The van der Waals surface area contributed by atoms with Gasteiger partial charge < -0.3 is 18.5 Å². The van der Waals surface area contributed by atoms with E-state index in [-0.39, 0.29) is 29.0 Å². The number of halogens is 4. The fourth-order valence-electron chi connectivity index (χ4n) is 4.30. The van der Waals surface area contributed by atoms with E-state index in [1.54, 1.807) is 42.5 Å². The third-order valence-corrected chi connectivity index (χ3v) is 7.57. The molecule has 1 amide bonds. The van der Waals surface area contributed by atoms with Gasteiger partial charge in [-0.1, -0.05) is 52.5 Å². The fraction of sp³-hybridized carbons (Fsp3) is 0.125. The first kappa shape index (κ1) is 30.6. The number of benzene rings is 3. The van der Waals surface area contributed by atoms with E-state index >= 15 is 0 Å². The largest absolute Gasteiger partial charge is 0.486 e. The van der Waals surface area contributed by atoms with Gasteiger partial charge in [0.25, 0.3) is 0 Å². The molecule has 0 spiro atoms. The number of ether oxygens (including phenoxy) is 2. The van der Waals surface area contributed by atoms with E-state index in [9.17, 15) is 4.79 Å². The summed E-state index contributed by atoms with van der Waals surface area (Å²) >= 11 is 24.9. The number of carbonyl (C=O) groups is 1. The Hall–Kier alpha value is -3.88. The molecule has 0 radical (unpaired) electrons. The van der Waals surface area contributed by atoms with E-state index in [2.05, 4.69) is 41.1 Å². The van der Waals surface area contributed by atoms with Crippen molar-refractivity contribution in [3.05, 3.63) is 133 Å². The quantitative estimate of drug-likeness (QED) is 0.120. The number of rotatable bonds is 10. The van der Waals surface area contributed by atoms with Crippen molar-refractivity contribution in [3.8, 4) is 17.2 Å². The highest BCUT2D eigenvalue weighted by molar-refractivity contribution is 6.37. The molecule has 1 N–H and O–H groups in total. The summed E-state index contributed by atoms with van der Waals surface area (Å²) < 4.78 is 19.4. The molecule has 2 heterocycles. The summed E-state index contributed by atoms with van der Waals surface area (Å²) in [6, 6.07) is 23.5. The molecule has 0 aliphatic carbocycles. The second-order valence-corrected chi connectivity index (χ2v) is 11.2. The van der Waals surface area contributed by atoms with Crippen LogP contribution in [0.25, 0.3) is 5.69 Å². The SMILES string of the molecule is Cc1ccc(C)n1-c1ccc(OCc2ccc(C(=O)N/N=C/c3cc(Cl)c(OCc4ccc(Cl)cc4Cl)c(Cl)c3)o2)cc1. The van der Waals surface area contributed by atoms with Crippen molar-refractivity contribution in [1.82, 2.24) is 9.99 Å². The minimum atomic E-state index is -0.527. The number of aryl methyl sites for hydroxylation is 2. The van der Waals surface area contributed by atoms with Gasteiger partial charge in [-0.25, -0.2) is 5.43 Å². The van der Waals surface area contributed by atoms with Crippen molar-refractivity contribution in [1.29, 1.82) is 0 Å². The highest BCUT2D eigenvalue weighted by Gasteiger charge is 2.13. The number of carbonyl (C=O) groups excluding carboxylic acids is 1. The van der Waals surface area contributed by atoms with Crippen LogP contribution in [-0.2, 0) is 13.2 Å². The number of hydrazone groups is 1. The minimum absolute atomic E-state index is 0.0883. The van der Waals surface area contributed by atoms with Gasteiger partial charge >= 0.3 is 5.91 Å². The van der Waals surface area contributed by atoms with Crippen molar-refractivity contribution in [2.75, 3.05) is 0 Å². The molecule has 3 aromatic carbocycles. The molecule has 0 fully saturated rings. The lowest BCUT2D eigenvalue weighted by Crippen LogP contribution is -2.16. The van der Waals surface area contributed by atoms with Crippen molar-refractivity contribution in [2.24, 2.45) is 5.10 Å². The van der Waals surface area contributed by atoms with Crippen LogP contribution in [0, 0.1) is 13.8 Å². The van der Waals surface area contributed by atoms with Crippen molar-refractivity contribution in [3.63, 3.8) is 0 Å². The molecule has 0 unspecified atom stereocenters. The molecule has 5 aromatic rings. The van der Waals surface area contributed by atoms with Crippen LogP contribution in [0.5, 0.6) is 11.5 Å². The number of nitrogens with one attached hydrogen (secondary N) is 1. The lowest BCUT2D eigenvalue weighted by Gasteiger charge is -2.12. The molecule has 7 nitrogen and oxygen atoms in total. The van der Waals surface area contributed by atoms with E-state index in [1.807, 2.05) is 24.3 Å². The van der Waals surface area contributed by atoms with Crippen molar-refractivity contribution >= 4 is 58.5 Å². The lowest BCUT2D eigenvalue weighted by atomic mass is 10.2. The number of aromatic nitrogens is 1. The summed E-state index contributed by atoms with van der Waals surface area (Å²) in [5.41, 5.74) is 7.07. The van der Waals surface area contributed by atoms with Gasteiger partial charge in [0.15, 0.2) is 11.5 Å². The molecule has 0 bridgehead atoms. The molecular weight excluding hydrogens is 632 g/mol. The van der Waals surface area contributed by atoms with Crippen LogP contribution in [-0.4, -0.2) is 16.7 Å². The Bertz CT molecular complexity index is 1750. The Morgan fingerprint density at radius 2 is 1.53 bits per heavy atom. The van der Waals surface area contributed by atoms with E-state index in [0.717, 1.165) is 22.6 Å². The zero-order valence-electron chi connectivity index (χ0n) is 23.0. The van der Waals surface area contributed by atoms with E-state index in [1.165, 1.54) is 6.21 Å². The smallest absolute Gasteiger partial charge is 0.307 e. The summed E-state index contributed by atoms with van der Waals surface area (Å²) in [5, 5.41) is 5.52. The molecule has 0 aliphatic rings. The second-order valence-electron chi connectivity index (χ2n) is 9.54. The molecule has 43 heavy (non-hydrogen) atoms. The van der Waals surface area contributed by atoms with Crippen LogP contribution in [0.3, 0.4) is 0 Å². The van der Waals surface area contributed by atoms with Crippen LogP contribution < -0.4 is 14.9 Å². The zero-order valence-corrected chi connectivity index (χ0v) is 26.1. The zero-order chi connectivity index (χ0) is 30.5. The molecule has 0 aliphatic heterocycles. The first-order valence-corrected chi connectivity index (χ1v) is 14.5. The van der Waals surface area contributed by atoms with E-state index in [0.29, 0.717) is 32.9 Å². The fourth-order valence-corrected chi connectivity index (χ4v) is 5.38. The number of hydrogen-bond donors (Lipinski definition) is 1. The van der Waals surface area contributed by atoms with Crippen LogP contribution >= 0.6 is 46.4 Å². The summed E-state index contributed by atoms with van der Waals surface area (Å²) in [6.45, 7) is 4.44. The molecule has 0 atom stereocenters. The van der Waals surface area contributed by atoms with Crippen molar-refractivity contribution in [2.45, 2.75) is 27.1 Å². The third kappa shape index (κ3) is 7.56. The Morgan fingerprint density at radius 3 is 2.21 bits per heavy atom. The molecule has 220 valence electrons. The van der Waals surface area contributed by atoms with E-state index < -0.39 is 5.91 Å². The third-order valence-electron chi connectivity index (χ3n) is 6.42. The standard InChI is InChI=1S/C32H25Cl4N3O4/c1-19-3-4-20(2)39(19)24-7-9-25(10-8-24)41-18-26-11-12-30(43-26)32(40)38-37-16-21-13-28(35)31(29(36)14-21)42-17-22-5-6-23(33)15-27(22)34/h3-16H,17-18H2,1-2H3,(H,38,40)/b37-16+. The molecule has 5 rings (SSSR count). The molecule has 11 heteroatoms. The highest BCUT2D eigenvalue weighted by Crippen LogP contribution is 2.35. The average Bonchev–Trinajstić information content (AvgIpc) is 3.59. The van der Waals surface area contributed by atoms with Gasteiger partial charge in [0.05, 0.1) is 16.3 Å². The molecule has 0 saturated carbocycles. The predicted molar refractivity (Wildman–Crippen MR) is 171 cm³/mol. The normalized spacial score (nSPS) is 11.2.